The normalized spacial score (nSPS) is 16.8. The first-order valence-corrected chi connectivity index (χ1v) is 12.7. The predicted octanol–water partition coefficient (Wildman–Crippen LogP) is 5.62. The number of benzene rings is 2. The number of urea groups is 1. The molecule has 2 aromatic carbocycles. The predicted molar refractivity (Wildman–Crippen MR) is 137 cm³/mol. The van der Waals surface area contributed by atoms with E-state index in [9.17, 15) is 9.18 Å². The number of likely N-dealkylation sites (tertiary alicyclic amines) is 2. The van der Waals surface area contributed by atoms with E-state index in [-0.39, 0.29) is 22.8 Å². The van der Waals surface area contributed by atoms with E-state index in [1.165, 1.54) is 18.8 Å². The number of carbonyl (C=O) groups excluding carboxylic acids is 1. The van der Waals surface area contributed by atoms with Crippen molar-refractivity contribution < 1.29 is 18.7 Å². The maximum absolute atomic E-state index is 14.5. The molecule has 2 amide bonds. The highest BCUT2D eigenvalue weighted by Gasteiger charge is 2.28. The van der Waals surface area contributed by atoms with Gasteiger partial charge in [0.15, 0.2) is 17.3 Å². The number of fused-ring (bicyclic) bond motifs is 1. The molecule has 3 heterocycles. The van der Waals surface area contributed by atoms with Crippen LogP contribution in [0.1, 0.15) is 32.1 Å². The summed E-state index contributed by atoms with van der Waals surface area (Å²) in [6, 6.07) is 8.47. The average molecular weight is 514 g/mol. The third-order valence-electron chi connectivity index (χ3n) is 6.76. The Hall–Kier alpha value is -3.33. The van der Waals surface area contributed by atoms with E-state index in [1.807, 2.05) is 15.9 Å². The van der Waals surface area contributed by atoms with E-state index >= 15 is 0 Å². The summed E-state index contributed by atoms with van der Waals surface area (Å²) >= 11 is 5.93. The first-order valence-electron chi connectivity index (χ1n) is 12.3. The molecule has 5 rings (SSSR count). The third kappa shape index (κ3) is 5.11. The van der Waals surface area contributed by atoms with Crippen LogP contribution in [0.3, 0.4) is 0 Å². The van der Waals surface area contributed by atoms with Gasteiger partial charge >= 0.3 is 6.03 Å². The fourth-order valence-electron chi connectivity index (χ4n) is 4.77. The van der Waals surface area contributed by atoms with Gasteiger partial charge in [0.05, 0.1) is 23.3 Å². The van der Waals surface area contributed by atoms with Gasteiger partial charge in [0.2, 0.25) is 0 Å². The van der Waals surface area contributed by atoms with E-state index in [0.29, 0.717) is 41.3 Å². The van der Waals surface area contributed by atoms with Crippen LogP contribution in [0.5, 0.6) is 11.5 Å². The van der Waals surface area contributed by atoms with E-state index in [1.54, 1.807) is 25.3 Å². The third-order valence-corrected chi connectivity index (χ3v) is 7.05. The summed E-state index contributed by atoms with van der Waals surface area (Å²) in [7, 11) is 1.58. The lowest BCUT2D eigenvalue weighted by Gasteiger charge is -2.37. The van der Waals surface area contributed by atoms with Gasteiger partial charge in [-0.05, 0) is 37.5 Å². The van der Waals surface area contributed by atoms with Gasteiger partial charge in [0, 0.05) is 50.5 Å². The smallest absolute Gasteiger partial charge is 0.320 e. The Morgan fingerprint density at radius 3 is 2.56 bits per heavy atom. The molecule has 190 valence electrons. The number of piperidine rings is 2. The minimum atomic E-state index is -0.554. The summed E-state index contributed by atoms with van der Waals surface area (Å²) in [6.45, 7) is 3.00. The van der Waals surface area contributed by atoms with Crippen molar-refractivity contribution in [2.75, 3.05) is 38.6 Å². The van der Waals surface area contributed by atoms with Gasteiger partial charge in [-0.15, -0.1) is 0 Å². The van der Waals surface area contributed by atoms with Crippen LogP contribution in [0, 0.1) is 5.82 Å². The fourth-order valence-corrected chi connectivity index (χ4v) is 4.95. The molecule has 1 aromatic heterocycles. The summed E-state index contributed by atoms with van der Waals surface area (Å²) in [5, 5.41) is 3.70. The molecule has 1 N–H and O–H groups in total. The van der Waals surface area contributed by atoms with Gasteiger partial charge in [-0.3, -0.25) is 0 Å². The molecule has 2 fully saturated rings. The lowest BCUT2D eigenvalue weighted by molar-refractivity contribution is 0.0898. The maximum atomic E-state index is 14.5. The Morgan fingerprint density at radius 1 is 1.06 bits per heavy atom. The number of nitrogens with zero attached hydrogens (tertiary/aromatic N) is 4. The quantitative estimate of drug-likeness (QED) is 0.476. The molecule has 2 aliphatic rings. The summed E-state index contributed by atoms with van der Waals surface area (Å²) < 4.78 is 26.4. The van der Waals surface area contributed by atoms with Gasteiger partial charge in [0.1, 0.15) is 18.2 Å². The van der Waals surface area contributed by atoms with Gasteiger partial charge in [-0.2, -0.15) is 0 Å². The molecule has 3 aromatic rings. The fraction of sp³-hybridized carbons (Fsp3) is 0.423. The standard InChI is InChI=1S/C26H29ClFN5O3/c1-35-22-15-21-18(25(30-16-29-21)31-20-7-5-6-19(27)24(20)28)14-23(22)36-17-8-12-33(13-9-17)26(34)32-10-3-2-4-11-32/h5-7,14-17H,2-4,8-13H2,1H3,(H,29,30,31). The molecule has 0 bridgehead atoms. The molecule has 8 nitrogen and oxygen atoms in total. The van der Waals surface area contributed by atoms with Crippen LogP contribution in [-0.4, -0.2) is 65.2 Å². The van der Waals surface area contributed by atoms with Crippen LogP contribution in [-0.2, 0) is 0 Å². The van der Waals surface area contributed by atoms with Crippen molar-refractivity contribution in [3.63, 3.8) is 0 Å². The summed E-state index contributed by atoms with van der Waals surface area (Å²) in [4.78, 5) is 25.4. The number of amides is 2. The van der Waals surface area contributed by atoms with Crippen molar-refractivity contribution in [2.45, 2.75) is 38.2 Å². The number of hydrogen-bond acceptors (Lipinski definition) is 6. The molecule has 0 atom stereocenters. The molecular formula is C26H29ClFN5O3. The average Bonchev–Trinajstić information content (AvgIpc) is 2.91. The largest absolute Gasteiger partial charge is 0.493 e. The van der Waals surface area contributed by atoms with Crippen LogP contribution in [0.2, 0.25) is 5.02 Å². The topological polar surface area (TPSA) is 79.8 Å². The van der Waals surface area contributed by atoms with Gasteiger partial charge in [-0.1, -0.05) is 17.7 Å². The highest BCUT2D eigenvalue weighted by atomic mass is 35.5. The zero-order valence-corrected chi connectivity index (χ0v) is 20.9. The van der Waals surface area contributed by atoms with Crippen molar-refractivity contribution in [3.05, 3.63) is 47.5 Å². The first-order chi connectivity index (χ1) is 17.5. The van der Waals surface area contributed by atoms with E-state index < -0.39 is 5.82 Å². The molecular weight excluding hydrogens is 485 g/mol. The zero-order valence-electron chi connectivity index (χ0n) is 20.2. The number of hydrogen-bond donors (Lipinski definition) is 1. The molecule has 36 heavy (non-hydrogen) atoms. The number of nitrogens with one attached hydrogen (secondary N) is 1. The molecule has 0 aliphatic carbocycles. The van der Waals surface area contributed by atoms with Crippen molar-refractivity contribution in [2.24, 2.45) is 0 Å². The van der Waals surface area contributed by atoms with Crippen LogP contribution in [0.25, 0.3) is 10.9 Å². The van der Waals surface area contributed by atoms with E-state index in [2.05, 4.69) is 15.3 Å². The molecule has 2 aliphatic heterocycles. The number of methoxy groups -OCH3 is 1. The highest BCUT2D eigenvalue weighted by Crippen LogP contribution is 2.37. The Kier molecular flexibility index (Phi) is 7.27. The molecule has 2 saturated heterocycles. The van der Waals surface area contributed by atoms with Crippen LogP contribution in [0.4, 0.5) is 20.7 Å². The molecule has 0 saturated carbocycles. The number of aromatic nitrogens is 2. The SMILES string of the molecule is COc1cc2ncnc(Nc3cccc(Cl)c3F)c2cc1OC1CCN(C(=O)N2CCCCC2)CC1. The number of ether oxygens (including phenoxy) is 2. The lowest BCUT2D eigenvalue weighted by atomic mass is 10.1. The minimum Gasteiger partial charge on any atom is -0.493 e. The second kappa shape index (κ2) is 10.7. The van der Waals surface area contributed by atoms with Gasteiger partial charge < -0.3 is 24.6 Å². The van der Waals surface area contributed by atoms with Gasteiger partial charge in [-0.25, -0.2) is 19.2 Å². The van der Waals surface area contributed by atoms with Crippen LogP contribution < -0.4 is 14.8 Å². The molecule has 0 unspecified atom stereocenters. The Morgan fingerprint density at radius 2 is 1.81 bits per heavy atom. The lowest BCUT2D eigenvalue weighted by Crippen LogP contribution is -2.49. The van der Waals surface area contributed by atoms with E-state index in [0.717, 1.165) is 38.8 Å². The molecule has 10 heteroatoms. The number of halogens is 2. The maximum Gasteiger partial charge on any atom is 0.320 e. The number of carbonyl (C=O) groups is 1. The second-order valence-electron chi connectivity index (χ2n) is 9.10. The Balaban J connectivity index is 1.33. The summed E-state index contributed by atoms with van der Waals surface area (Å²) in [5.41, 5.74) is 0.840. The van der Waals surface area contributed by atoms with Crippen molar-refractivity contribution in [1.29, 1.82) is 0 Å². The Bertz CT molecular complexity index is 1250. The van der Waals surface area contributed by atoms with E-state index in [4.69, 9.17) is 21.1 Å². The number of rotatable bonds is 5. The van der Waals surface area contributed by atoms with Crippen LogP contribution in [0.15, 0.2) is 36.7 Å². The van der Waals surface area contributed by atoms with Crippen molar-refractivity contribution in [1.82, 2.24) is 19.8 Å². The van der Waals surface area contributed by atoms with Gasteiger partial charge in [0.25, 0.3) is 0 Å². The molecule has 0 spiro atoms. The minimum absolute atomic E-state index is 0.0224. The molecule has 0 radical (unpaired) electrons. The number of anilines is 2. The Labute approximate surface area is 214 Å². The summed E-state index contributed by atoms with van der Waals surface area (Å²) in [6.07, 6.45) is 6.16. The van der Waals surface area contributed by atoms with Crippen molar-refractivity contribution in [3.8, 4) is 11.5 Å². The van der Waals surface area contributed by atoms with Crippen LogP contribution >= 0.6 is 11.6 Å². The zero-order chi connectivity index (χ0) is 25.1. The second-order valence-corrected chi connectivity index (χ2v) is 9.51. The summed E-state index contributed by atoms with van der Waals surface area (Å²) in [5.74, 6) is 0.973. The first kappa shape index (κ1) is 24.4. The highest BCUT2D eigenvalue weighted by molar-refractivity contribution is 6.31. The van der Waals surface area contributed by atoms with Crippen molar-refractivity contribution >= 4 is 40.0 Å². The monoisotopic (exact) mass is 513 g/mol.